The molecule has 0 radical (unpaired) electrons. The van der Waals surface area contributed by atoms with Crippen molar-refractivity contribution in [2.45, 2.75) is 31.8 Å². The number of hydrogen-bond acceptors (Lipinski definition) is 1. The molecule has 0 aliphatic heterocycles. The van der Waals surface area contributed by atoms with Crippen molar-refractivity contribution in [2.24, 2.45) is 11.8 Å². The van der Waals surface area contributed by atoms with Crippen molar-refractivity contribution >= 4 is 0 Å². The van der Waals surface area contributed by atoms with Crippen LogP contribution in [-0.4, -0.2) is 13.2 Å². The summed E-state index contributed by atoms with van der Waals surface area (Å²) in [5.41, 5.74) is 0. The van der Waals surface area contributed by atoms with Gasteiger partial charge in [-0.15, -0.1) is 0 Å². The second kappa shape index (κ2) is 1.98. The molecule has 1 nitrogen and oxygen atoms in total. The van der Waals surface area contributed by atoms with Crippen molar-refractivity contribution in [3.05, 3.63) is 0 Å². The predicted molar refractivity (Wildman–Crippen MR) is 36.2 cm³/mol. The van der Waals surface area contributed by atoms with Crippen LogP contribution in [0.15, 0.2) is 0 Å². The van der Waals surface area contributed by atoms with Crippen LogP contribution in [0.25, 0.3) is 0 Å². The van der Waals surface area contributed by atoms with E-state index in [4.69, 9.17) is 4.74 Å². The van der Waals surface area contributed by atoms with Crippen LogP contribution >= 0.6 is 0 Å². The highest BCUT2D eigenvalue weighted by Crippen LogP contribution is 2.50. The van der Waals surface area contributed by atoms with E-state index < -0.39 is 0 Å². The molecule has 0 spiro atoms. The van der Waals surface area contributed by atoms with E-state index in [1.165, 1.54) is 25.7 Å². The smallest absolute Gasteiger partial charge is 0.0602 e. The maximum atomic E-state index is 5.35. The fourth-order valence-corrected chi connectivity index (χ4v) is 2.15. The Morgan fingerprint density at radius 3 is 2.89 bits per heavy atom. The molecule has 2 aliphatic carbocycles. The maximum Gasteiger partial charge on any atom is 0.0602 e. The van der Waals surface area contributed by atoms with Gasteiger partial charge in [-0.1, -0.05) is 6.42 Å². The summed E-state index contributed by atoms with van der Waals surface area (Å²) >= 11 is 0. The molecule has 9 heavy (non-hydrogen) atoms. The van der Waals surface area contributed by atoms with E-state index in [0.29, 0.717) is 6.10 Å². The Kier molecular flexibility index (Phi) is 1.26. The van der Waals surface area contributed by atoms with E-state index in [1.54, 1.807) is 0 Å². The van der Waals surface area contributed by atoms with E-state index in [1.807, 2.05) is 7.11 Å². The molecule has 0 amide bonds. The molecule has 52 valence electrons. The van der Waals surface area contributed by atoms with E-state index in [2.05, 4.69) is 0 Å². The summed E-state index contributed by atoms with van der Waals surface area (Å²) in [6.45, 7) is 0. The minimum absolute atomic E-state index is 0.628. The summed E-state index contributed by atoms with van der Waals surface area (Å²) in [6.07, 6.45) is 6.28. The van der Waals surface area contributed by atoms with E-state index in [9.17, 15) is 0 Å². The Labute approximate surface area is 56.4 Å². The molecule has 0 aromatic rings. The van der Waals surface area contributed by atoms with Crippen LogP contribution in [0.1, 0.15) is 25.7 Å². The lowest BCUT2D eigenvalue weighted by Gasteiger charge is -2.18. The molecule has 2 rings (SSSR count). The van der Waals surface area contributed by atoms with Gasteiger partial charge in [-0.2, -0.15) is 0 Å². The maximum absolute atomic E-state index is 5.35. The van der Waals surface area contributed by atoms with Crippen molar-refractivity contribution in [2.75, 3.05) is 7.11 Å². The van der Waals surface area contributed by atoms with E-state index >= 15 is 0 Å². The average molecular weight is 126 g/mol. The fraction of sp³-hybridized carbons (Fsp3) is 1.00. The molecule has 0 saturated heterocycles. The molecule has 2 fully saturated rings. The first-order chi connectivity index (χ1) is 4.42. The van der Waals surface area contributed by atoms with Crippen LogP contribution in [-0.2, 0) is 4.74 Å². The van der Waals surface area contributed by atoms with Gasteiger partial charge in [0.05, 0.1) is 6.10 Å². The van der Waals surface area contributed by atoms with Crippen LogP contribution in [0, 0.1) is 11.8 Å². The van der Waals surface area contributed by atoms with Crippen LogP contribution in [0.3, 0.4) is 0 Å². The Bertz CT molecular complexity index is 111. The number of methoxy groups -OCH3 is 1. The highest BCUT2D eigenvalue weighted by Gasteiger charge is 2.45. The number of hydrogen-bond donors (Lipinski definition) is 0. The molecule has 0 aromatic heterocycles. The average Bonchev–Trinajstić information content (AvgIpc) is 2.64. The first-order valence-electron chi connectivity index (χ1n) is 3.94. The second-order valence-corrected chi connectivity index (χ2v) is 3.36. The van der Waals surface area contributed by atoms with Crippen LogP contribution in [0.4, 0.5) is 0 Å². The molecular weight excluding hydrogens is 112 g/mol. The normalized spacial score (nSPS) is 48.3. The highest BCUT2D eigenvalue weighted by molar-refractivity contribution is 4.95. The molecule has 0 bridgehead atoms. The zero-order valence-electron chi connectivity index (χ0n) is 5.97. The zero-order valence-corrected chi connectivity index (χ0v) is 5.97. The van der Waals surface area contributed by atoms with Gasteiger partial charge in [0.1, 0.15) is 0 Å². The molecule has 1 heteroatoms. The summed E-state index contributed by atoms with van der Waals surface area (Å²) in [7, 11) is 1.85. The lowest BCUT2D eigenvalue weighted by atomic mass is 9.98. The molecule has 2 aliphatic rings. The number of rotatable bonds is 1. The summed E-state index contributed by atoms with van der Waals surface area (Å²) in [4.78, 5) is 0. The third-order valence-corrected chi connectivity index (χ3v) is 2.82. The predicted octanol–water partition coefficient (Wildman–Crippen LogP) is 1.82. The third-order valence-electron chi connectivity index (χ3n) is 2.82. The largest absolute Gasteiger partial charge is 0.381 e. The lowest BCUT2D eigenvalue weighted by Crippen LogP contribution is -2.17. The first kappa shape index (κ1) is 5.72. The summed E-state index contributed by atoms with van der Waals surface area (Å²) in [6, 6.07) is 0. The van der Waals surface area contributed by atoms with Crippen LogP contribution < -0.4 is 0 Å². The van der Waals surface area contributed by atoms with Crippen LogP contribution in [0.2, 0.25) is 0 Å². The highest BCUT2D eigenvalue weighted by atomic mass is 16.5. The van der Waals surface area contributed by atoms with Crippen molar-refractivity contribution < 1.29 is 4.74 Å². The molecule has 0 heterocycles. The van der Waals surface area contributed by atoms with Gasteiger partial charge >= 0.3 is 0 Å². The molecule has 0 N–H and O–H groups in total. The van der Waals surface area contributed by atoms with Gasteiger partial charge in [-0.05, 0) is 31.1 Å². The van der Waals surface area contributed by atoms with Gasteiger partial charge in [-0.3, -0.25) is 0 Å². The Morgan fingerprint density at radius 1 is 1.33 bits per heavy atom. The van der Waals surface area contributed by atoms with Gasteiger partial charge in [0, 0.05) is 7.11 Å². The first-order valence-corrected chi connectivity index (χ1v) is 3.94. The molecule has 2 saturated carbocycles. The van der Waals surface area contributed by atoms with Gasteiger partial charge in [0.2, 0.25) is 0 Å². The number of ether oxygens (including phenoxy) is 1. The Hall–Kier alpha value is -0.0400. The SMILES string of the molecule is CO[C@H]1CCC[C@H]2C[C@H]21. The standard InChI is InChI=1S/C8H14O/c1-9-8-4-2-3-6-5-7(6)8/h6-8H,2-5H2,1H3/t6-,7+,8-/m0/s1. The lowest BCUT2D eigenvalue weighted by molar-refractivity contribution is 0.0590. The molecule has 0 unspecified atom stereocenters. The monoisotopic (exact) mass is 126 g/mol. The van der Waals surface area contributed by atoms with Gasteiger partial charge < -0.3 is 4.74 Å². The van der Waals surface area contributed by atoms with Crippen LogP contribution in [0.5, 0.6) is 0 Å². The van der Waals surface area contributed by atoms with Gasteiger partial charge in [0.15, 0.2) is 0 Å². The van der Waals surface area contributed by atoms with Crippen molar-refractivity contribution in [3.8, 4) is 0 Å². The number of fused-ring (bicyclic) bond motifs is 1. The third kappa shape index (κ3) is 0.877. The van der Waals surface area contributed by atoms with Crippen molar-refractivity contribution in [3.63, 3.8) is 0 Å². The quantitative estimate of drug-likeness (QED) is 0.520. The minimum atomic E-state index is 0.628. The van der Waals surface area contributed by atoms with E-state index in [-0.39, 0.29) is 0 Å². The molecule has 3 atom stereocenters. The van der Waals surface area contributed by atoms with Crippen molar-refractivity contribution in [1.29, 1.82) is 0 Å². The van der Waals surface area contributed by atoms with Gasteiger partial charge in [-0.25, -0.2) is 0 Å². The van der Waals surface area contributed by atoms with Crippen molar-refractivity contribution in [1.82, 2.24) is 0 Å². The minimum Gasteiger partial charge on any atom is -0.381 e. The van der Waals surface area contributed by atoms with Gasteiger partial charge in [0.25, 0.3) is 0 Å². The zero-order chi connectivity index (χ0) is 6.27. The summed E-state index contributed by atoms with van der Waals surface area (Å²) < 4.78 is 5.35. The van der Waals surface area contributed by atoms with E-state index in [0.717, 1.165) is 11.8 Å². The second-order valence-electron chi connectivity index (χ2n) is 3.36. The topological polar surface area (TPSA) is 9.23 Å². The fourth-order valence-electron chi connectivity index (χ4n) is 2.15. The molecular formula is C8H14O. The summed E-state index contributed by atoms with van der Waals surface area (Å²) in [5.74, 6) is 2.02. The Balaban J connectivity index is 1.93. The molecule has 0 aromatic carbocycles. The Morgan fingerprint density at radius 2 is 2.22 bits per heavy atom. The summed E-state index contributed by atoms with van der Waals surface area (Å²) in [5, 5.41) is 0.